The summed E-state index contributed by atoms with van der Waals surface area (Å²) in [4.78, 5) is 13.4. The number of amides is 1. The van der Waals surface area contributed by atoms with Crippen molar-refractivity contribution < 1.29 is 4.79 Å². The van der Waals surface area contributed by atoms with Gasteiger partial charge < -0.3 is 4.90 Å². The van der Waals surface area contributed by atoms with Gasteiger partial charge in [0, 0.05) is 20.0 Å². The molecule has 0 aliphatic carbocycles. The average molecular weight is 274 g/mol. The minimum atomic E-state index is 0.165. The fourth-order valence-corrected chi connectivity index (χ4v) is 1.84. The Hall–Kier alpha value is -0.730. The summed E-state index contributed by atoms with van der Waals surface area (Å²) in [6.45, 7) is 2.64. The first kappa shape index (κ1) is 14.3. The maximum absolute atomic E-state index is 11.7. The average Bonchev–Trinajstić information content (AvgIpc) is 2.30. The van der Waals surface area contributed by atoms with Gasteiger partial charge in [-0.1, -0.05) is 42.6 Å². The van der Waals surface area contributed by atoms with Crippen molar-refractivity contribution >= 4 is 29.1 Å². The van der Waals surface area contributed by atoms with E-state index in [2.05, 4.69) is 6.92 Å². The van der Waals surface area contributed by atoms with Crippen LogP contribution in [0.15, 0.2) is 18.2 Å². The first-order valence-electron chi connectivity index (χ1n) is 5.72. The van der Waals surface area contributed by atoms with E-state index in [0.29, 0.717) is 23.0 Å². The topological polar surface area (TPSA) is 20.3 Å². The molecule has 0 atom stereocenters. The maximum Gasteiger partial charge on any atom is 0.222 e. The molecule has 2 nitrogen and oxygen atoms in total. The smallest absolute Gasteiger partial charge is 0.222 e. The fourth-order valence-electron chi connectivity index (χ4n) is 1.52. The lowest BCUT2D eigenvalue weighted by Crippen LogP contribution is -2.25. The summed E-state index contributed by atoms with van der Waals surface area (Å²) in [7, 11) is 1.81. The number of halogens is 2. The molecule has 0 aromatic heterocycles. The van der Waals surface area contributed by atoms with Gasteiger partial charge in [-0.3, -0.25) is 4.79 Å². The molecule has 0 N–H and O–H groups in total. The van der Waals surface area contributed by atoms with Crippen molar-refractivity contribution in [2.24, 2.45) is 0 Å². The van der Waals surface area contributed by atoms with Gasteiger partial charge in [0.1, 0.15) is 0 Å². The van der Waals surface area contributed by atoms with Crippen LogP contribution in [0.3, 0.4) is 0 Å². The zero-order chi connectivity index (χ0) is 12.8. The van der Waals surface area contributed by atoms with Crippen LogP contribution in [-0.2, 0) is 11.3 Å². The summed E-state index contributed by atoms with van der Waals surface area (Å²) >= 11 is 11.8. The van der Waals surface area contributed by atoms with Crippen molar-refractivity contribution in [1.29, 1.82) is 0 Å². The third-order valence-electron chi connectivity index (χ3n) is 2.57. The largest absolute Gasteiger partial charge is 0.341 e. The zero-order valence-corrected chi connectivity index (χ0v) is 11.7. The third kappa shape index (κ3) is 4.57. The second kappa shape index (κ2) is 6.87. The molecule has 0 spiro atoms. The van der Waals surface area contributed by atoms with E-state index in [4.69, 9.17) is 23.2 Å². The van der Waals surface area contributed by atoms with Gasteiger partial charge in [0.25, 0.3) is 0 Å². The van der Waals surface area contributed by atoms with Crippen LogP contribution in [0.4, 0.5) is 0 Å². The zero-order valence-electron chi connectivity index (χ0n) is 10.2. The van der Waals surface area contributed by atoms with Gasteiger partial charge in [-0.15, -0.1) is 0 Å². The highest BCUT2D eigenvalue weighted by Crippen LogP contribution is 2.23. The molecule has 1 rings (SSSR count). The van der Waals surface area contributed by atoms with Crippen LogP contribution in [0, 0.1) is 0 Å². The second-order valence-electron chi connectivity index (χ2n) is 4.10. The van der Waals surface area contributed by atoms with Crippen LogP contribution in [0.5, 0.6) is 0 Å². The van der Waals surface area contributed by atoms with E-state index in [1.54, 1.807) is 24.1 Å². The molecule has 0 saturated heterocycles. The van der Waals surface area contributed by atoms with E-state index < -0.39 is 0 Å². The summed E-state index contributed by atoms with van der Waals surface area (Å²) in [5.41, 5.74) is 0.992. The fraction of sp³-hybridized carbons (Fsp3) is 0.462. The second-order valence-corrected chi connectivity index (χ2v) is 4.92. The van der Waals surface area contributed by atoms with E-state index in [-0.39, 0.29) is 5.91 Å². The number of benzene rings is 1. The van der Waals surface area contributed by atoms with Gasteiger partial charge >= 0.3 is 0 Å². The molecule has 0 aliphatic heterocycles. The molecule has 0 unspecified atom stereocenters. The predicted octanol–water partition coefficient (Wildman–Crippen LogP) is 4.14. The highest BCUT2D eigenvalue weighted by molar-refractivity contribution is 6.42. The Balaban J connectivity index is 2.58. The molecule has 1 aromatic rings. The van der Waals surface area contributed by atoms with Crippen LogP contribution < -0.4 is 0 Å². The van der Waals surface area contributed by atoms with Gasteiger partial charge in [-0.2, -0.15) is 0 Å². The van der Waals surface area contributed by atoms with Gasteiger partial charge in [0.05, 0.1) is 10.0 Å². The van der Waals surface area contributed by atoms with Crippen LogP contribution >= 0.6 is 23.2 Å². The Labute approximate surface area is 113 Å². The number of carbonyl (C=O) groups excluding carboxylic acids is 1. The molecular weight excluding hydrogens is 257 g/mol. The third-order valence-corrected chi connectivity index (χ3v) is 3.31. The molecule has 0 fully saturated rings. The van der Waals surface area contributed by atoms with Crippen molar-refractivity contribution in [1.82, 2.24) is 4.90 Å². The normalized spacial score (nSPS) is 10.4. The highest BCUT2D eigenvalue weighted by atomic mass is 35.5. The van der Waals surface area contributed by atoms with Crippen molar-refractivity contribution in [2.75, 3.05) is 7.05 Å². The first-order chi connectivity index (χ1) is 8.04. The Morgan fingerprint density at radius 1 is 1.29 bits per heavy atom. The molecule has 0 bridgehead atoms. The molecule has 4 heteroatoms. The van der Waals surface area contributed by atoms with E-state index in [0.717, 1.165) is 18.4 Å². The summed E-state index contributed by atoms with van der Waals surface area (Å²) in [5, 5.41) is 1.06. The lowest BCUT2D eigenvalue weighted by Gasteiger charge is -2.17. The minimum absolute atomic E-state index is 0.165. The minimum Gasteiger partial charge on any atom is -0.341 e. The standard InChI is InChI=1S/C13H17Cl2NO/c1-3-4-5-13(17)16(2)9-10-6-7-11(14)12(15)8-10/h6-8H,3-5,9H2,1-2H3. The molecule has 0 saturated carbocycles. The molecule has 1 aromatic carbocycles. The highest BCUT2D eigenvalue weighted by Gasteiger charge is 2.09. The number of nitrogens with zero attached hydrogens (tertiary/aromatic N) is 1. The summed E-state index contributed by atoms with van der Waals surface area (Å²) in [5.74, 6) is 0.165. The van der Waals surface area contributed by atoms with E-state index in [1.165, 1.54) is 0 Å². The molecule has 0 aliphatic rings. The Morgan fingerprint density at radius 2 is 2.00 bits per heavy atom. The summed E-state index contributed by atoms with van der Waals surface area (Å²) < 4.78 is 0. The van der Waals surface area contributed by atoms with Crippen molar-refractivity contribution in [2.45, 2.75) is 32.7 Å². The number of rotatable bonds is 5. The van der Waals surface area contributed by atoms with E-state index >= 15 is 0 Å². The lowest BCUT2D eigenvalue weighted by atomic mass is 10.2. The Bertz CT molecular complexity index is 393. The number of hydrogen-bond acceptors (Lipinski definition) is 1. The molecule has 1 amide bonds. The number of hydrogen-bond donors (Lipinski definition) is 0. The molecule has 0 heterocycles. The van der Waals surface area contributed by atoms with Crippen LogP contribution in [0.2, 0.25) is 10.0 Å². The number of unbranched alkanes of at least 4 members (excludes halogenated alkanes) is 1. The quantitative estimate of drug-likeness (QED) is 0.790. The monoisotopic (exact) mass is 273 g/mol. The van der Waals surface area contributed by atoms with Crippen molar-refractivity contribution in [3.05, 3.63) is 33.8 Å². The Morgan fingerprint density at radius 3 is 2.59 bits per heavy atom. The van der Waals surface area contributed by atoms with Gasteiger partial charge in [0.2, 0.25) is 5.91 Å². The Kier molecular flexibility index (Phi) is 5.79. The predicted molar refractivity (Wildman–Crippen MR) is 72.5 cm³/mol. The summed E-state index contributed by atoms with van der Waals surface area (Å²) in [6.07, 6.45) is 2.57. The van der Waals surface area contributed by atoms with Crippen molar-refractivity contribution in [3.8, 4) is 0 Å². The lowest BCUT2D eigenvalue weighted by molar-refractivity contribution is -0.130. The van der Waals surface area contributed by atoms with Gasteiger partial charge in [0.15, 0.2) is 0 Å². The molecule has 0 radical (unpaired) electrons. The van der Waals surface area contributed by atoms with Crippen LogP contribution in [-0.4, -0.2) is 17.9 Å². The van der Waals surface area contributed by atoms with Crippen molar-refractivity contribution in [3.63, 3.8) is 0 Å². The van der Waals surface area contributed by atoms with Crippen LogP contribution in [0.25, 0.3) is 0 Å². The molecule has 94 valence electrons. The van der Waals surface area contributed by atoms with E-state index in [9.17, 15) is 4.79 Å². The maximum atomic E-state index is 11.7. The molecular formula is C13H17Cl2NO. The van der Waals surface area contributed by atoms with Gasteiger partial charge in [-0.05, 0) is 24.1 Å². The van der Waals surface area contributed by atoms with Crippen LogP contribution in [0.1, 0.15) is 31.7 Å². The first-order valence-corrected chi connectivity index (χ1v) is 6.48. The molecule has 17 heavy (non-hydrogen) atoms. The van der Waals surface area contributed by atoms with Gasteiger partial charge in [-0.25, -0.2) is 0 Å². The summed E-state index contributed by atoms with van der Waals surface area (Å²) in [6, 6.07) is 5.44. The number of carbonyl (C=O) groups is 1. The SMILES string of the molecule is CCCCC(=O)N(C)Cc1ccc(Cl)c(Cl)c1. The van der Waals surface area contributed by atoms with E-state index in [1.807, 2.05) is 6.07 Å².